The van der Waals surface area contributed by atoms with Crippen molar-refractivity contribution in [3.8, 4) is 0 Å². The number of hydrogen-bond donors (Lipinski definition) is 1. The highest BCUT2D eigenvalue weighted by atomic mass is 16.5. The number of esters is 1. The minimum Gasteiger partial charge on any atom is -0.464 e. The van der Waals surface area contributed by atoms with Gasteiger partial charge in [0, 0.05) is 0 Å². The van der Waals surface area contributed by atoms with Crippen molar-refractivity contribution in [3.05, 3.63) is 35.4 Å². The van der Waals surface area contributed by atoms with Crippen LogP contribution in [0.25, 0.3) is 0 Å². The van der Waals surface area contributed by atoms with Crippen molar-refractivity contribution >= 4 is 5.97 Å². The molecule has 0 fully saturated rings. The third-order valence-corrected chi connectivity index (χ3v) is 3.78. The molecule has 3 nitrogen and oxygen atoms in total. The molecule has 0 spiro atoms. The molecule has 1 N–H and O–H groups in total. The van der Waals surface area contributed by atoms with Crippen LogP contribution in [0.3, 0.4) is 0 Å². The predicted molar refractivity (Wildman–Crippen MR) is 76.0 cm³/mol. The van der Waals surface area contributed by atoms with E-state index in [2.05, 4.69) is 24.4 Å². The molecule has 1 aliphatic carbocycles. The number of ether oxygens (including phenoxy) is 1. The van der Waals surface area contributed by atoms with Crippen LogP contribution in [0.4, 0.5) is 0 Å². The molecule has 0 saturated heterocycles. The molecule has 104 valence electrons. The molecule has 0 bridgehead atoms. The number of hydrogen-bond acceptors (Lipinski definition) is 3. The first-order valence-electron chi connectivity index (χ1n) is 7.25. The largest absolute Gasteiger partial charge is 0.464 e. The number of nitrogens with one attached hydrogen (secondary N) is 1. The summed E-state index contributed by atoms with van der Waals surface area (Å²) in [7, 11) is 0. The molecule has 0 saturated carbocycles. The second kappa shape index (κ2) is 6.20. The van der Waals surface area contributed by atoms with Gasteiger partial charge in [-0.3, -0.25) is 5.32 Å². The molecule has 1 unspecified atom stereocenters. The quantitative estimate of drug-likeness (QED) is 0.828. The summed E-state index contributed by atoms with van der Waals surface area (Å²) in [5, 5.41) is 3.45. The minimum absolute atomic E-state index is 0.129. The maximum atomic E-state index is 12.5. The van der Waals surface area contributed by atoms with Crippen LogP contribution >= 0.6 is 0 Å². The van der Waals surface area contributed by atoms with Crippen LogP contribution in [0.2, 0.25) is 0 Å². The summed E-state index contributed by atoms with van der Waals surface area (Å²) in [6.07, 6.45) is 3.89. The van der Waals surface area contributed by atoms with Gasteiger partial charge >= 0.3 is 5.97 Å². The summed E-state index contributed by atoms with van der Waals surface area (Å²) in [6, 6.07) is 8.23. The molecule has 0 aliphatic heterocycles. The SMILES string of the molecule is CCCNC1(C(=O)OCC)CCCc2ccccc21. The van der Waals surface area contributed by atoms with Crippen LogP contribution in [0.1, 0.15) is 44.2 Å². The Kier molecular flexibility index (Phi) is 4.59. The smallest absolute Gasteiger partial charge is 0.330 e. The van der Waals surface area contributed by atoms with E-state index in [0.29, 0.717) is 6.61 Å². The van der Waals surface area contributed by atoms with Crippen LogP contribution < -0.4 is 5.32 Å². The zero-order chi connectivity index (χ0) is 13.7. The number of carbonyl (C=O) groups is 1. The molecular formula is C16H23NO2. The molecule has 1 atom stereocenters. The summed E-state index contributed by atoms with van der Waals surface area (Å²) in [5.41, 5.74) is 1.74. The van der Waals surface area contributed by atoms with E-state index in [-0.39, 0.29) is 5.97 Å². The summed E-state index contributed by atoms with van der Waals surface area (Å²) in [5.74, 6) is -0.129. The van der Waals surface area contributed by atoms with Crippen LogP contribution in [-0.4, -0.2) is 19.1 Å². The van der Waals surface area contributed by atoms with Crippen molar-refractivity contribution in [2.24, 2.45) is 0 Å². The Balaban J connectivity index is 2.41. The van der Waals surface area contributed by atoms with E-state index in [4.69, 9.17) is 4.74 Å². The fraction of sp³-hybridized carbons (Fsp3) is 0.562. The molecule has 3 heteroatoms. The predicted octanol–water partition coefficient (Wildman–Crippen LogP) is 2.78. The minimum atomic E-state index is -0.638. The third-order valence-electron chi connectivity index (χ3n) is 3.78. The first-order chi connectivity index (χ1) is 9.24. The summed E-state index contributed by atoms with van der Waals surface area (Å²) < 4.78 is 5.34. The lowest BCUT2D eigenvalue weighted by Gasteiger charge is -2.37. The van der Waals surface area contributed by atoms with Gasteiger partial charge in [0.15, 0.2) is 0 Å². The van der Waals surface area contributed by atoms with E-state index in [1.165, 1.54) is 5.56 Å². The van der Waals surface area contributed by atoms with Crippen molar-refractivity contribution in [1.82, 2.24) is 5.32 Å². The van der Waals surface area contributed by atoms with Crippen LogP contribution in [0, 0.1) is 0 Å². The monoisotopic (exact) mass is 261 g/mol. The molecule has 0 radical (unpaired) electrons. The fourth-order valence-electron chi connectivity index (χ4n) is 2.89. The first-order valence-corrected chi connectivity index (χ1v) is 7.25. The molecule has 1 aliphatic rings. The zero-order valence-electron chi connectivity index (χ0n) is 11.9. The van der Waals surface area contributed by atoms with E-state index >= 15 is 0 Å². The van der Waals surface area contributed by atoms with Gasteiger partial charge in [0.2, 0.25) is 0 Å². The van der Waals surface area contributed by atoms with Gasteiger partial charge in [-0.1, -0.05) is 31.2 Å². The van der Waals surface area contributed by atoms with E-state index < -0.39 is 5.54 Å². The summed E-state index contributed by atoms with van der Waals surface area (Å²) in [6.45, 7) is 5.23. The van der Waals surface area contributed by atoms with Crippen LogP contribution in [0.5, 0.6) is 0 Å². The lowest BCUT2D eigenvalue weighted by Crippen LogP contribution is -2.52. The molecule has 0 aromatic heterocycles. The van der Waals surface area contributed by atoms with Crippen LogP contribution in [0.15, 0.2) is 24.3 Å². The van der Waals surface area contributed by atoms with Crippen molar-refractivity contribution in [2.75, 3.05) is 13.2 Å². The molecule has 0 amide bonds. The Morgan fingerprint density at radius 3 is 2.89 bits per heavy atom. The number of aryl methyl sites for hydroxylation is 1. The fourth-order valence-corrected chi connectivity index (χ4v) is 2.89. The van der Waals surface area contributed by atoms with E-state index in [9.17, 15) is 4.79 Å². The van der Waals surface area contributed by atoms with E-state index in [1.54, 1.807) is 0 Å². The Morgan fingerprint density at radius 1 is 1.37 bits per heavy atom. The molecular weight excluding hydrogens is 238 g/mol. The van der Waals surface area contributed by atoms with Gasteiger partial charge in [-0.15, -0.1) is 0 Å². The number of carbonyl (C=O) groups excluding carboxylic acids is 1. The normalized spacial score (nSPS) is 21.8. The van der Waals surface area contributed by atoms with Gasteiger partial charge in [-0.25, -0.2) is 4.79 Å². The zero-order valence-corrected chi connectivity index (χ0v) is 11.9. The third kappa shape index (κ3) is 2.66. The topological polar surface area (TPSA) is 38.3 Å². The van der Waals surface area contributed by atoms with Crippen molar-refractivity contribution < 1.29 is 9.53 Å². The maximum absolute atomic E-state index is 12.5. The van der Waals surface area contributed by atoms with Gasteiger partial charge in [0.05, 0.1) is 6.61 Å². The number of fused-ring (bicyclic) bond motifs is 1. The Morgan fingerprint density at radius 2 is 2.16 bits per heavy atom. The lowest BCUT2D eigenvalue weighted by molar-refractivity contribution is -0.152. The maximum Gasteiger partial charge on any atom is 0.330 e. The van der Waals surface area contributed by atoms with Crippen molar-refractivity contribution in [1.29, 1.82) is 0 Å². The van der Waals surface area contributed by atoms with E-state index in [0.717, 1.165) is 37.8 Å². The second-order valence-electron chi connectivity index (χ2n) is 5.06. The second-order valence-corrected chi connectivity index (χ2v) is 5.06. The Labute approximate surface area is 115 Å². The van der Waals surface area contributed by atoms with Gasteiger partial charge < -0.3 is 4.74 Å². The number of rotatable bonds is 5. The van der Waals surface area contributed by atoms with Gasteiger partial charge in [-0.2, -0.15) is 0 Å². The highest BCUT2D eigenvalue weighted by Gasteiger charge is 2.43. The van der Waals surface area contributed by atoms with Gasteiger partial charge in [0.1, 0.15) is 5.54 Å². The van der Waals surface area contributed by atoms with Crippen molar-refractivity contribution in [2.45, 2.75) is 45.1 Å². The summed E-state index contributed by atoms with van der Waals surface area (Å²) >= 11 is 0. The first kappa shape index (κ1) is 14.1. The molecule has 0 heterocycles. The van der Waals surface area contributed by atoms with Crippen LogP contribution in [-0.2, 0) is 21.5 Å². The van der Waals surface area contributed by atoms with Crippen molar-refractivity contribution in [3.63, 3.8) is 0 Å². The Bertz CT molecular complexity index is 444. The molecule has 2 rings (SSSR count). The standard InChI is InChI=1S/C16H23NO2/c1-3-12-17-16(15(18)19-4-2)11-7-9-13-8-5-6-10-14(13)16/h5-6,8,10,17H,3-4,7,9,11-12H2,1-2H3. The Hall–Kier alpha value is -1.35. The summed E-state index contributed by atoms with van der Waals surface area (Å²) in [4.78, 5) is 12.5. The van der Waals surface area contributed by atoms with Gasteiger partial charge in [0.25, 0.3) is 0 Å². The molecule has 19 heavy (non-hydrogen) atoms. The van der Waals surface area contributed by atoms with E-state index in [1.807, 2.05) is 19.1 Å². The molecule has 1 aromatic carbocycles. The highest BCUT2D eigenvalue weighted by Crippen LogP contribution is 2.36. The average molecular weight is 261 g/mol. The average Bonchev–Trinajstić information content (AvgIpc) is 2.45. The molecule has 1 aromatic rings. The number of benzene rings is 1. The lowest BCUT2D eigenvalue weighted by atomic mass is 9.76. The highest BCUT2D eigenvalue weighted by molar-refractivity contribution is 5.83. The van der Waals surface area contributed by atoms with Gasteiger partial charge in [-0.05, 0) is 50.3 Å².